The Bertz CT molecular complexity index is 852. The van der Waals surface area contributed by atoms with Gasteiger partial charge in [-0.1, -0.05) is 82.0 Å². The maximum atomic E-state index is 13.0. The van der Waals surface area contributed by atoms with Crippen LogP contribution in [-0.4, -0.2) is 24.1 Å². The van der Waals surface area contributed by atoms with Crippen LogP contribution < -0.4 is 0 Å². The number of hydrogen-bond acceptors (Lipinski definition) is 4. The van der Waals surface area contributed by atoms with E-state index < -0.39 is 17.6 Å². The number of carbonyl (C=O) groups is 2. The molecule has 0 saturated carbocycles. The molecule has 2 rings (SSSR count). The van der Waals surface area contributed by atoms with E-state index in [0.29, 0.717) is 17.5 Å². The third kappa shape index (κ3) is 7.31. The van der Waals surface area contributed by atoms with E-state index >= 15 is 0 Å². The lowest BCUT2D eigenvalue weighted by Crippen LogP contribution is -2.48. The molecular weight excluding hydrogens is 412 g/mol. The van der Waals surface area contributed by atoms with Gasteiger partial charge in [0, 0.05) is 11.8 Å². The van der Waals surface area contributed by atoms with Crippen LogP contribution in [0.1, 0.15) is 86.4 Å². The van der Waals surface area contributed by atoms with Crippen LogP contribution in [0.4, 0.5) is 0 Å². The fraction of sp³-hybridized carbons (Fsp3) is 0.448. The van der Waals surface area contributed by atoms with Crippen LogP contribution in [0.2, 0.25) is 0 Å². The van der Waals surface area contributed by atoms with Crippen molar-refractivity contribution in [2.24, 2.45) is 5.41 Å². The molecule has 178 valence electrons. The molecule has 0 fully saturated rings. The van der Waals surface area contributed by atoms with Gasteiger partial charge in [-0.05, 0) is 44.0 Å². The van der Waals surface area contributed by atoms with E-state index in [2.05, 4.69) is 20.4 Å². The van der Waals surface area contributed by atoms with Crippen molar-refractivity contribution >= 4 is 11.9 Å². The van der Waals surface area contributed by atoms with Crippen molar-refractivity contribution in [2.75, 3.05) is 0 Å². The molecule has 2 aromatic rings. The highest BCUT2D eigenvalue weighted by molar-refractivity contribution is 5.90. The van der Waals surface area contributed by atoms with E-state index in [1.54, 1.807) is 30.3 Å². The zero-order chi connectivity index (χ0) is 24.1. The molecule has 0 bridgehead atoms. The summed E-state index contributed by atoms with van der Waals surface area (Å²) < 4.78 is 12.2. The smallest absolute Gasteiger partial charge is 0.338 e. The molecule has 2 unspecified atom stereocenters. The molecule has 33 heavy (non-hydrogen) atoms. The number of unbranched alkanes of at least 4 members (excludes halogenated alkanes) is 2. The molecule has 4 nitrogen and oxygen atoms in total. The molecule has 0 amide bonds. The van der Waals surface area contributed by atoms with Gasteiger partial charge >= 0.3 is 11.9 Å². The van der Waals surface area contributed by atoms with Crippen molar-refractivity contribution in [1.82, 2.24) is 0 Å². The molecule has 0 aliphatic heterocycles. The first-order chi connectivity index (χ1) is 16.0. The Morgan fingerprint density at radius 2 is 1.30 bits per heavy atom. The molecule has 0 radical (unpaired) electrons. The summed E-state index contributed by atoms with van der Waals surface area (Å²) in [5.41, 5.74) is 0.529. The Labute approximate surface area is 199 Å². The number of ether oxygens (including phenoxy) is 2. The van der Waals surface area contributed by atoms with Gasteiger partial charge in [-0.3, -0.25) is 0 Å². The standard InChI is InChI=1S/C29H38O4/c1-5-8-21-29(22-9-6-2,23(4)32-27(30)24-17-12-10-13-18-24)26(16-7-3)33-28(31)25-19-14-11-15-20-25/h7,10-15,17-20,23,26H,3,5-6,8-9,16,21-22H2,1-2,4H3. The van der Waals surface area contributed by atoms with E-state index in [-0.39, 0.29) is 11.9 Å². The lowest BCUT2D eigenvalue weighted by Gasteiger charge is -2.44. The Hall–Kier alpha value is -2.88. The number of carbonyl (C=O) groups excluding carboxylic acids is 2. The van der Waals surface area contributed by atoms with Crippen LogP contribution in [0.25, 0.3) is 0 Å². The molecule has 2 aromatic carbocycles. The highest BCUT2D eigenvalue weighted by Crippen LogP contribution is 2.43. The second-order valence-corrected chi connectivity index (χ2v) is 8.64. The van der Waals surface area contributed by atoms with E-state index in [4.69, 9.17) is 9.47 Å². The zero-order valence-electron chi connectivity index (χ0n) is 20.3. The first kappa shape index (κ1) is 26.4. The molecule has 0 spiro atoms. The highest BCUT2D eigenvalue weighted by Gasteiger charge is 2.46. The maximum absolute atomic E-state index is 13.0. The Morgan fingerprint density at radius 3 is 1.73 bits per heavy atom. The van der Waals surface area contributed by atoms with Gasteiger partial charge in [-0.25, -0.2) is 9.59 Å². The summed E-state index contributed by atoms with van der Waals surface area (Å²) in [6.45, 7) is 10.2. The summed E-state index contributed by atoms with van der Waals surface area (Å²) in [4.78, 5) is 25.9. The van der Waals surface area contributed by atoms with Gasteiger partial charge in [0.2, 0.25) is 0 Å². The SMILES string of the molecule is C=CCC(OC(=O)c1ccccc1)C(CCCC)(CCCC)C(C)OC(=O)c1ccccc1. The van der Waals surface area contributed by atoms with E-state index in [9.17, 15) is 9.59 Å². The fourth-order valence-electron chi connectivity index (χ4n) is 4.37. The minimum Gasteiger partial charge on any atom is -0.458 e. The lowest BCUT2D eigenvalue weighted by atomic mass is 9.68. The van der Waals surface area contributed by atoms with Gasteiger partial charge < -0.3 is 9.47 Å². The highest BCUT2D eigenvalue weighted by atomic mass is 16.6. The summed E-state index contributed by atoms with van der Waals surface area (Å²) in [6.07, 6.45) is 6.92. The Morgan fingerprint density at radius 1 is 0.848 bits per heavy atom. The molecule has 0 aromatic heterocycles. The minimum absolute atomic E-state index is 0.354. The van der Waals surface area contributed by atoms with Crippen LogP contribution in [-0.2, 0) is 9.47 Å². The zero-order valence-corrected chi connectivity index (χ0v) is 20.3. The van der Waals surface area contributed by atoms with Gasteiger partial charge in [0.25, 0.3) is 0 Å². The van der Waals surface area contributed by atoms with Crippen molar-refractivity contribution in [3.8, 4) is 0 Å². The average Bonchev–Trinajstić information content (AvgIpc) is 2.85. The Kier molecular flexibility index (Phi) is 10.9. The monoisotopic (exact) mass is 450 g/mol. The van der Waals surface area contributed by atoms with E-state index in [0.717, 1.165) is 38.5 Å². The summed E-state index contributed by atoms with van der Waals surface area (Å²) in [6, 6.07) is 18.1. The third-order valence-electron chi connectivity index (χ3n) is 6.38. The van der Waals surface area contributed by atoms with Gasteiger partial charge in [0.05, 0.1) is 11.1 Å². The quantitative estimate of drug-likeness (QED) is 0.222. The summed E-state index contributed by atoms with van der Waals surface area (Å²) in [7, 11) is 0. The van der Waals surface area contributed by atoms with Gasteiger partial charge in [0.15, 0.2) is 0 Å². The topological polar surface area (TPSA) is 52.6 Å². The van der Waals surface area contributed by atoms with Crippen molar-refractivity contribution < 1.29 is 19.1 Å². The predicted molar refractivity (Wildman–Crippen MR) is 133 cm³/mol. The molecule has 0 aliphatic rings. The van der Waals surface area contributed by atoms with Crippen LogP contribution in [0.5, 0.6) is 0 Å². The molecule has 4 heteroatoms. The van der Waals surface area contributed by atoms with Gasteiger partial charge in [0.1, 0.15) is 12.2 Å². The van der Waals surface area contributed by atoms with Crippen LogP contribution >= 0.6 is 0 Å². The van der Waals surface area contributed by atoms with E-state index in [1.165, 1.54) is 0 Å². The van der Waals surface area contributed by atoms with Crippen LogP contribution in [0, 0.1) is 5.41 Å². The first-order valence-electron chi connectivity index (χ1n) is 12.1. The predicted octanol–water partition coefficient (Wildman–Crippen LogP) is 7.40. The van der Waals surface area contributed by atoms with Gasteiger partial charge in [-0.2, -0.15) is 0 Å². The maximum Gasteiger partial charge on any atom is 0.338 e. The van der Waals surface area contributed by atoms with Gasteiger partial charge in [-0.15, -0.1) is 6.58 Å². The number of hydrogen-bond donors (Lipinski definition) is 0. The summed E-state index contributed by atoms with van der Waals surface area (Å²) >= 11 is 0. The third-order valence-corrected chi connectivity index (χ3v) is 6.38. The molecule has 0 heterocycles. The minimum atomic E-state index is -0.505. The molecular formula is C29H38O4. The number of rotatable bonds is 14. The fourth-order valence-corrected chi connectivity index (χ4v) is 4.37. The molecule has 0 saturated heterocycles. The van der Waals surface area contributed by atoms with Crippen molar-refractivity contribution in [2.45, 2.75) is 77.9 Å². The second kappa shape index (κ2) is 13.6. The first-order valence-corrected chi connectivity index (χ1v) is 12.1. The average molecular weight is 451 g/mol. The molecule has 2 atom stereocenters. The lowest BCUT2D eigenvalue weighted by molar-refractivity contribution is -0.0917. The van der Waals surface area contributed by atoms with Crippen LogP contribution in [0.3, 0.4) is 0 Å². The Balaban J connectivity index is 2.40. The number of benzene rings is 2. The normalized spacial score (nSPS) is 13.1. The number of esters is 2. The second-order valence-electron chi connectivity index (χ2n) is 8.64. The van der Waals surface area contributed by atoms with Crippen molar-refractivity contribution in [3.63, 3.8) is 0 Å². The van der Waals surface area contributed by atoms with Crippen LogP contribution in [0.15, 0.2) is 73.3 Å². The molecule has 0 aliphatic carbocycles. The van der Waals surface area contributed by atoms with Crippen molar-refractivity contribution in [3.05, 3.63) is 84.4 Å². The van der Waals surface area contributed by atoms with E-state index in [1.807, 2.05) is 43.3 Å². The largest absolute Gasteiger partial charge is 0.458 e. The summed E-state index contributed by atoms with van der Waals surface area (Å²) in [5.74, 6) is -0.714. The van der Waals surface area contributed by atoms with Crippen molar-refractivity contribution in [1.29, 1.82) is 0 Å². The molecule has 0 N–H and O–H groups in total. The summed E-state index contributed by atoms with van der Waals surface area (Å²) in [5, 5.41) is 0.